The zero-order valence-electron chi connectivity index (χ0n) is 15.4. The summed E-state index contributed by atoms with van der Waals surface area (Å²) < 4.78 is 79.2. The molecule has 0 saturated heterocycles. The molecule has 1 heterocycles. The van der Waals surface area contributed by atoms with Gasteiger partial charge < -0.3 is 15.5 Å². The lowest BCUT2D eigenvalue weighted by atomic mass is 10.1. The summed E-state index contributed by atoms with van der Waals surface area (Å²) >= 11 is 5.84. The lowest BCUT2D eigenvalue weighted by Crippen LogP contribution is -2.18. The van der Waals surface area contributed by atoms with Crippen LogP contribution in [0.2, 0.25) is 5.02 Å². The first kappa shape index (κ1) is 23.0. The van der Waals surface area contributed by atoms with Crippen LogP contribution in [-0.2, 0) is 12.4 Å². The van der Waals surface area contributed by atoms with Crippen LogP contribution in [0.3, 0.4) is 0 Å². The summed E-state index contributed by atoms with van der Waals surface area (Å²) in [5, 5.41) is 4.60. The van der Waals surface area contributed by atoms with Crippen LogP contribution >= 0.6 is 11.6 Å². The Bertz CT molecular complexity index is 838. The highest BCUT2D eigenvalue weighted by atomic mass is 35.5. The van der Waals surface area contributed by atoms with Crippen molar-refractivity contribution in [2.45, 2.75) is 18.8 Å². The molecule has 0 saturated carbocycles. The molecule has 2 rings (SSSR count). The van der Waals surface area contributed by atoms with Crippen molar-refractivity contribution in [3.63, 3.8) is 0 Å². The molecule has 0 bridgehead atoms. The maximum absolute atomic E-state index is 13.2. The topological polar surface area (TPSA) is 53.1 Å². The quantitative estimate of drug-likeness (QED) is 0.452. The second-order valence-electron chi connectivity index (χ2n) is 6.33. The Hall–Kier alpha value is -2.27. The van der Waals surface area contributed by atoms with Crippen LogP contribution < -0.4 is 10.6 Å². The number of nitrogens with one attached hydrogen (secondary N) is 2. The summed E-state index contributed by atoms with van der Waals surface area (Å²) in [5.41, 5.74) is -3.02. The van der Waals surface area contributed by atoms with Gasteiger partial charge in [0.1, 0.15) is 5.82 Å². The first-order chi connectivity index (χ1) is 13.4. The maximum atomic E-state index is 13.2. The van der Waals surface area contributed by atoms with Crippen molar-refractivity contribution < 1.29 is 26.3 Å². The summed E-state index contributed by atoms with van der Waals surface area (Å²) in [5.74, 6) is -0.831. The minimum absolute atomic E-state index is 0.277. The van der Waals surface area contributed by atoms with Crippen LogP contribution in [0.25, 0.3) is 0 Å². The van der Waals surface area contributed by atoms with Gasteiger partial charge in [0.2, 0.25) is 5.95 Å². The standard InChI is InChI=1S/C17H18ClF6N5/c1-29(2)8-4-7-25-15-26-12(17(22,23)24)9-13(28-15)27-14-10(16(19,20)21)5-3-6-11(14)18/h3,5-6,9H,4,7-8H2,1-2H3,(H2,25,26,27,28). The number of anilines is 3. The predicted octanol–water partition coefficient (Wildman–Crippen LogP) is 5.27. The van der Waals surface area contributed by atoms with E-state index in [2.05, 4.69) is 20.6 Å². The van der Waals surface area contributed by atoms with Crippen molar-refractivity contribution in [2.24, 2.45) is 0 Å². The third-order valence-electron chi connectivity index (χ3n) is 3.65. The van der Waals surface area contributed by atoms with Gasteiger partial charge in [0, 0.05) is 12.6 Å². The van der Waals surface area contributed by atoms with Crippen LogP contribution in [0.4, 0.5) is 43.8 Å². The van der Waals surface area contributed by atoms with Crippen molar-refractivity contribution in [2.75, 3.05) is 37.8 Å². The number of hydrogen-bond donors (Lipinski definition) is 2. The second-order valence-corrected chi connectivity index (χ2v) is 6.74. The molecule has 0 radical (unpaired) electrons. The largest absolute Gasteiger partial charge is 0.433 e. The number of nitrogens with zero attached hydrogens (tertiary/aromatic N) is 3. The molecular formula is C17H18ClF6N5. The van der Waals surface area contributed by atoms with Gasteiger partial charge in [-0.2, -0.15) is 31.3 Å². The molecule has 2 N–H and O–H groups in total. The number of aromatic nitrogens is 2. The molecule has 0 atom stereocenters. The van der Waals surface area contributed by atoms with E-state index in [1.54, 1.807) is 0 Å². The van der Waals surface area contributed by atoms with Gasteiger partial charge in [0.05, 0.1) is 16.3 Å². The van der Waals surface area contributed by atoms with Gasteiger partial charge in [0.15, 0.2) is 5.69 Å². The molecule has 1 aromatic heterocycles. The predicted molar refractivity (Wildman–Crippen MR) is 98.4 cm³/mol. The minimum Gasteiger partial charge on any atom is -0.354 e. The number of rotatable bonds is 7. The summed E-state index contributed by atoms with van der Waals surface area (Å²) in [7, 11) is 3.68. The summed E-state index contributed by atoms with van der Waals surface area (Å²) in [4.78, 5) is 9.14. The fourth-order valence-corrected chi connectivity index (χ4v) is 2.57. The first-order valence-corrected chi connectivity index (χ1v) is 8.73. The van der Waals surface area contributed by atoms with Crippen LogP contribution in [0.5, 0.6) is 0 Å². The van der Waals surface area contributed by atoms with Gasteiger partial charge in [0.25, 0.3) is 0 Å². The van der Waals surface area contributed by atoms with Gasteiger partial charge in [-0.15, -0.1) is 0 Å². The van der Waals surface area contributed by atoms with Gasteiger partial charge >= 0.3 is 12.4 Å². The van der Waals surface area contributed by atoms with E-state index in [0.29, 0.717) is 19.0 Å². The highest BCUT2D eigenvalue weighted by Gasteiger charge is 2.36. The molecule has 29 heavy (non-hydrogen) atoms. The molecule has 0 amide bonds. The number of benzene rings is 1. The van der Waals surface area contributed by atoms with E-state index in [1.165, 1.54) is 6.07 Å². The number of hydrogen-bond acceptors (Lipinski definition) is 5. The van der Waals surface area contributed by atoms with Crippen molar-refractivity contribution in [3.8, 4) is 0 Å². The van der Waals surface area contributed by atoms with Crippen molar-refractivity contribution >= 4 is 29.1 Å². The van der Waals surface area contributed by atoms with Crippen molar-refractivity contribution in [1.29, 1.82) is 0 Å². The van der Waals surface area contributed by atoms with Crippen LogP contribution in [0.1, 0.15) is 17.7 Å². The molecule has 2 aromatic rings. The Morgan fingerprint density at radius 3 is 2.31 bits per heavy atom. The van der Waals surface area contributed by atoms with Gasteiger partial charge in [-0.1, -0.05) is 17.7 Å². The van der Waals surface area contributed by atoms with E-state index in [9.17, 15) is 26.3 Å². The van der Waals surface area contributed by atoms with Crippen molar-refractivity contribution in [3.05, 3.63) is 40.5 Å². The zero-order chi connectivity index (χ0) is 21.8. The molecule has 5 nitrogen and oxygen atoms in total. The summed E-state index contributed by atoms with van der Waals surface area (Å²) in [6, 6.07) is 3.57. The molecule has 12 heteroatoms. The fourth-order valence-electron chi connectivity index (χ4n) is 2.35. The van der Waals surface area contributed by atoms with Crippen LogP contribution in [-0.4, -0.2) is 42.1 Å². The molecule has 1 aromatic carbocycles. The van der Waals surface area contributed by atoms with E-state index >= 15 is 0 Å². The Labute approximate surface area is 168 Å². The fraction of sp³-hybridized carbons (Fsp3) is 0.412. The Morgan fingerprint density at radius 2 is 1.72 bits per heavy atom. The molecule has 0 aliphatic rings. The van der Waals surface area contributed by atoms with Gasteiger partial charge in [-0.05, 0) is 39.2 Å². The zero-order valence-corrected chi connectivity index (χ0v) is 16.2. The third kappa shape index (κ3) is 6.64. The molecular weight excluding hydrogens is 424 g/mol. The second kappa shape index (κ2) is 9.04. The van der Waals surface area contributed by atoms with Gasteiger partial charge in [-0.3, -0.25) is 0 Å². The Balaban J connectivity index is 2.37. The molecule has 0 aliphatic carbocycles. The molecule has 160 valence electrons. The van der Waals surface area contributed by atoms with E-state index < -0.39 is 35.1 Å². The summed E-state index contributed by atoms with van der Waals surface area (Å²) in [6.07, 6.45) is -8.98. The highest BCUT2D eigenvalue weighted by molar-refractivity contribution is 6.33. The average Bonchev–Trinajstić information content (AvgIpc) is 2.58. The van der Waals surface area contributed by atoms with Gasteiger partial charge in [-0.25, -0.2) is 4.98 Å². The lowest BCUT2D eigenvalue weighted by Gasteiger charge is -2.17. The minimum atomic E-state index is -4.81. The van der Waals surface area contributed by atoms with Crippen molar-refractivity contribution in [1.82, 2.24) is 14.9 Å². The third-order valence-corrected chi connectivity index (χ3v) is 3.97. The SMILES string of the molecule is CN(C)CCCNc1nc(Nc2c(Cl)cccc2C(F)(F)F)cc(C(F)(F)F)n1. The van der Waals surface area contributed by atoms with E-state index in [-0.39, 0.29) is 17.5 Å². The molecule has 0 spiro atoms. The maximum Gasteiger partial charge on any atom is 0.433 e. The molecule has 0 fully saturated rings. The average molecular weight is 442 g/mol. The summed E-state index contributed by atoms with van der Waals surface area (Å²) in [6.45, 7) is 0.949. The number of halogens is 7. The lowest BCUT2D eigenvalue weighted by molar-refractivity contribution is -0.141. The van der Waals surface area contributed by atoms with E-state index in [4.69, 9.17) is 11.6 Å². The number of para-hydroxylation sites is 1. The van der Waals surface area contributed by atoms with E-state index in [1.807, 2.05) is 19.0 Å². The van der Waals surface area contributed by atoms with Crippen LogP contribution in [0, 0.1) is 0 Å². The number of alkyl halides is 6. The smallest absolute Gasteiger partial charge is 0.354 e. The molecule has 0 aliphatic heterocycles. The Kier molecular flexibility index (Phi) is 7.17. The highest BCUT2D eigenvalue weighted by Crippen LogP contribution is 2.40. The monoisotopic (exact) mass is 441 g/mol. The molecule has 0 unspecified atom stereocenters. The Morgan fingerprint density at radius 1 is 1.03 bits per heavy atom. The van der Waals surface area contributed by atoms with Crippen LogP contribution in [0.15, 0.2) is 24.3 Å². The normalized spacial score (nSPS) is 12.3. The first-order valence-electron chi connectivity index (χ1n) is 8.35. The van der Waals surface area contributed by atoms with E-state index in [0.717, 1.165) is 12.1 Å².